The molecule has 0 saturated carbocycles. The maximum Gasteiger partial charge on any atom is 0.0841 e. The average Bonchev–Trinajstić information content (AvgIpc) is 3.90. The largest absolute Gasteiger partial charge is 0.370 e. The SMILES string of the molecule is CCCC/C=C\CCCCCCCCCCCCCCCCCCC1OC1CCCCCCCCCCCC/C=C\CCCCCCCCCC. The van der Waals surface area contributed by atoms with Crippen LogP contribution in [0.5, 0.6) is 0 Å². The van der Waals surface area contributed by atoms with Gasteiger partial charge >= 0.3 is 0 Å². The van der Waals surface area contributed by atoms with Gasteiger partial charge in [-0.15, -0.1) is 0 Å². The summed E-state index contributed by atoms with van der Waals surface area (Å²) in [5.41, 5.74) is 0. The molecular formula is C50H96O. The fourth-order valence-corrected chi connectivity index (χ4v) is 7.98. The molecule has 1 aliphatic heterocycles. The van der Waals surface area contributed by atoms with Crippen LogP contribution in [0.15, 0.2) is 24.3 Å². The van der Waals surface area contributed by atoms with Crippen molar-refractivity contribution in [2.45, 2.75) is 296 Å². The molecule has 0 N–H and O–H groups in total. The summed E-state index contributed by atoms with van der Waals surface area (Å²) in [6.07, 6.45) is 70.6. The van der Waals surface area contributed by atoms with Gasteiger partial charge < -0.3 is 4.74 Å². The first kappa shape index (κ1) is 48.5. The number of hydrogen-bond donors (Lipinski definition) is 0. The fraction of sp³-hybridized carbons (Fsp3) is 0.920. The lowest BCUT2D eigenvalue weighted by Crippen LogP contribution is -1.95. The number of hydrogen-bond acceptors (Lipinski definition) is 1. The maximum absolute atomic E-state index is 6.00. The van der Waals surface area contributed by atoms with Crippen molar-refractivity contribution in [3.63, 3.8) is 0 Å². The van der Waals surface area contributed by atoms with Crippen LogP contribution in [0.25, 0.3) is 0 Å². The first-order valence-corrected chi connectivity index (χ1v) is 24.3. The van der Waals surface area contributed by atoms with E-state index in [0.717, 1.165) is 0 Å². The Morgan fingerprint density at radius 2 is 0.471 bits per heavy atom. The molecule has 2 atom stereocenters. The van der Waals surface area contributed by atoms with E-state index in [4.69, 9.17) is 4.74 Å². The Balaban J connectivity index is 1.66. The van der Waals surface area contributed by atoms with E-state index in [0.29, 0.717) is 12.2 Å². The minimum atomic E-state index is 0.623. The molecule has 1 aliphatic rings. The minimum absolute atomic E-state index is 0.623. The number of allylic oxidation sites excluding steroid dienone is 4. The van der Waals surface area contributed by atoms with Crippen LogP contribution in [0, 0.1) is 0 Å². The Labute approximate surface area is 323 Å². The molecule has 0 radical (unpaired) electrons. The smallest absolute Gasteiger partial charge is 0.0841 e. The molecule has 0 spiro atoms. The van der Waals surface area contributed by atoms with Crippen molar-refractivity contribution in [2.24, 2.45) is 0 Å². The van der Waals surface area contributed by atoms with Crippen molar-refractivity contribution in [3.8, 4) is 0 Å². The second-order valence-electron chi connectivity index (χ2n) is 16.9. The van der Waals surface area contributed by atoms with E-state index < -0.39 is 0 Å². The summed E-state index contributed by atoms with van der Waals surface area (Å²) in [4.78, 5) is 0. The number of rotatable bonds is 44. The highest BCUT2D eigenvalue weighted by Gasteiger charge is 2.36. The third-order valence-corrected chi connectivity index (χ3v) is 11.7. The van der Waals surface area contributed by atoms with E-state index in [1.54, 1.807) is 0 Å². The normalized spacial score (nSPS) is 16.0. The van der Waals surface area contributed by atoms with E-state index in [9.17, 15) is 0 Å². The molecule has 0 aromatic heterocycles. The number of unbranched alkanes of at least 4 members (excludes halogenated alkanes) is 36. The topological polar surface area (TPSA) is 12.5 Å². The fourth-order valence-electron chi connectivity index (χ4n) is 7.98. The van der Waals surface area contributed by atoms with Gasteiger partial charge in [-0.2, -0.15) is 0 Å². The lowest BCUT2D eigenvalue weighted by atomic mass is 10.0. The first-order valence-electron chi connectivity index (χ1n) is 24.3. The van der Waals surface area contributed by atoms with Gasteiger partial charge in [0.2, 0.25) is 0 Å². The summed E-state index contributed by atoms with van der Waals surface area (Å²) in [6.45, 7) is 4.58. The Morgan fingerprint density at radius 1 is 0.255 bits per heavy atom. The lowest BCUT2D eigenvalue weighted by Gasteiger charge is -2.04. The van der Waals surface area contributed by atoms with Crippen LogP contribution < -0.4 is 0 Å². The van der Waals surface area contributed by atoms with Gasteiger partial charge in [0.15, 0.2) is 0 Å². The molecule has 1 fully saturated rings. The van der Waals surface area contributed by atoms with Crippen LogP contribution in [-0.4, -0.2) is 12.2 Å². The van der Waals surface area contributed by atoms with Crippen molar-refractivity contribution in [1.29, 1.82) is 0 Å². The van der Waals surface area contributed by atoms with Crippen LogP contribution >= 0.6 is 0 Å². The van der Waals surface area contributed by atoms with Crippen LogP contribution in [0.3, 0.4) is 0 Å². The summed E-state index contributed by atoms with van der Waals surface area (Å²) >= 11 is 0. The van der Waals surface area contributed by atoms with Crippen LogP contribution in [-0.2, 0) is 4.74 Å². The van der Waals surface area contributed by atoms with Crippen LogP contribution in [0.4, 0.5) is 0 Å². The second kappa shape index (κ2) is 42.2. The third-order valence-electron chi connectivity index (χ3n) is 11.7. The molecule has 0 aromatic carbocycles. The zero-order chi connectivity index (χ0) is 36.4. The quantitative estimate of drug-likeness (QED) is 0.0348. The van der Waals surface area contributed by atoms with Crippen molar-refractivity contribution >= 4 is 0 Å². The highest BCUT2D eigenvalue weighted by Crippen LogP contribution is 2.32. The van der Waals surface area contributed by atoms with Crippen molar-refractivity contribution in [1.82, 2.24) is 0 Å². The van der Waals surface area contributed by atoms with E-state index in [1.807, 2.05) is 0 Å². The van der Waals surface area contributed by atoms with E-state index in [-0.39, 0.29) is 0 Å². The highest BCUT2D eigenvalue weighted by molar-refractivity contribution is 4.84. The van der Waals surface area contributed by atoms with Gasteiger partial charge in [-0.3, -0.25) is 0 Å². The first-order chi connectivity index (χ1) is 25.4. The van der Waals surface area contributed by atoms with Gasteiger partial charge in [0.25, 0.3) is 0 Å². The summed E-state index contributed by atoms with van der Waals surface area (Å²) in [6, 6.07) is 0. The maximum atomic E-state index is 6.00. The summed E-state index contributed by atoms with van der Waals surface area (Å²) in [7, 11) is 0. The van der Waals surface area contributed by atoms with E-state index >= 15 is 0 Å². The Morgan fingerprint density at radius 3 is 0.745 bits per heavy atom. The van der Waals surface area contributed by atoms with E-state index in [2.05, 4.69) is 38.2 Å². The van der Waals surface area contributed by atoms with Crippen molar-refractivity contribution in [2.75, 3.05) is 0 Å². The number of epoxide rings is 1. The second-order valence-corrected chi connectivity index (χ2v) is 16.9. The van der Waals surface area contributed by atoms with Gasteiger partial charge in [0.1, 0.15) is 0 Å². The molecule has 1 nitrogen and oxygen atoms in total. The molecule has 2 unspecified atom stereocenters. The molecular weight excluding hydrogens is 617 g/mol. The monoisotopic (exact) mass is 713 g/mol. The van der Waals surface area contributed by atoms with Gasteiger partial charge in [0, 0.05) is 0 Å². The predicted molar refractivity (Wildman–Crippen MR) is 232 cm³/mol. The summed E-state index contributed by atoms with van der Waals surface area (Å²) in [5.74, 6) is 0. The standard InChI is InChI=1S/C50H96O/c1-3-5-7-9-11-13-15-17-19-21-23-25-27-29-31-33-35-37-39-41-43-45-47-49-50(51-49)48-46-44-42-40-38-36-34-32-30-28-26-24-22-20-18-16-14-12-10-8-6-4-2/h9,11,22,24,49-50H,3-8,10,12-21,23,25-48H2,1-2H3/b11-9-,24-22-. The molecule has 0 bridgehead atoms. The van der Waals surface area contributed by atoms with Gasteiger partial charge in [-0.05, 0) is 57.8 Å². The summed E-state index contributed by atoms with van der Waals surface area (Å²) < 4.78 is 6.00. The van der Waals surface area contributed by atoms with Crippen molar-refractivity contribution in [3.05, 3.63) is 24.3 Å². The molecule has 1 saturated heterocycles. The third kappa shape index (κ3) is 39.0. The summed E-state index contributed by atoms with van der Waals surface area (Å²) in [5, 5.41) is 0. The Bertz CT molecular complexity index is 693. The molecule has 1 heterocycles. The van der Waals surface area contributed by atoms with Crippen LogP contribution in [0.1, 0.15) is 284 Å². The molecule has 1 heteroatoms. The number of ether oxygens (including phenoxy) is 1. The van der Waals surface area contributed by atoms with Gasteiger partial charge in [-0.1, -0.05) is 250 Å². The molecule has 0 aliphatic carbocycles. The highest BCUT2D eigenvalue weighted by atomic mass is 16.6. The lowest BCUT2D eigenvalue weighted by molar-refractivity contribution is 0.347. The Hall–Kier alpha value is -0.560. The Kier molecular flexibility index (Phi) is 40.1. The minimum Gasteiger partial charge on any atom is -0.370 e. The van der Waals surface area contributed by atoms with E-state index in [1.165, 1.54) is 270 Å². The van der Waals surface area contributed by atoms with Crippen molar-refractivity contribution < 1.29 is 4.74 Å². The molecule has 302 valence electrons. The zero-order valence-corrected chi connectivity index (χ0v) is 35.6. The molecule has 1 rings (SSSR count). The molecule has 51 heavy (non-hydrogen) atoms. The predicted octanol–water partition coefficient (Wildman–Crippen LogP) is 18.3. The van der Waals surface area contributed by atoms with Gasteiger partial charge in [0.05, 0.1) is 12.2 Å². The van der Waals surface area contributed by atoms with Crippen LogP contribution in [0.2, 0.25) is 0 Å². The molecule has 0 amide bonds. The molecule has 0 aromatic rings. The zero-order valence-electron chi connectivity index (χ0n) is 35.6. The average molecular weight is 713 g/mol. The van der Waals surface area contributed by atoms with Gasteiger partial charge in [-0.25, -0.2) is 0 Å².